The summed E-state index contributed by atoms with van der Waals surface area (Å²) in [5.74, 6) is -3.25. The minimum absolute atomic E-state index is 0.00557. The van der Waals surface area contributed by atoms with Gasteiger partial charge in [-0.25, -0.2) is 13.6 Å². The van der Waals surface area contributed by atoms with Crippen LogP contribution >= 0.6 is 0 Å². The quantitative estimate of drug-likeness (QED) is 0.777. The molecule has 3 fully saturated rings. The molecule has 1 aliphatic carbocycles. The van der Waals surface area contributed by atoms with Gasteiger partial charge < -0.3 is 20.3 Å². The van der Waals surface area contributed by atoms with Gasteiger partial charge in [0.15, 0.2) is 11.6 Å². The number of nitrogens with two attached hydrogens (primary N) is 1. The second kappa shape index (κ2) is 5.91. The Morgan fingerprint density at radius 2 is 1.86 bits per heavy atom. The summed E-state index contributed by atoms with van der Waals surface area (Å²) in [4.78, 5) is 28.1. The summed E-state index contributed by atoms with van der Waals surface area (Å²) < 4.78 is 32.4. The molecule has 148 valence electrons. The molecule has 2 unspecified atom stereocenters. The van der Waals surface area contributed by atoms with E-state index >= 15 is 8.78 Å². The average molecular weight is 390 g/mol. The minimum Gasteiger partial charge on any atom is -0.477 e. The number of hydrogen-bond donors (Lipinski definition) is 2. The molecule has 2 atom stereocenters. The Balaban J connectivity index is 1.82. The Morgan fingerprint density at radius 1 is 1.11 bits per heavy atom. The largest absolute Gasteiger partial charge is 0.477 e. The lowest BCUT2D eigenvalue weighted by Gasteiger charge is -2.37. The maximum atomic E-state index is 15.7. The molecule has 5 rings (SSSR count). The molecule has 3 N–H and O–H groups in total. The molecule has 1 aromatic carbocycles. The van der Waals surface area contributed by atoms with Crippen LogP contribution in [-0.4, -0.2) is 52.8 Å². The van der Waals surface area contributed by atoms with Crippen LogP contribution in [0.2, 0.25) is 0 Å². The first kappa shape index (κ1) is 17.4. The van der Waals surface area contributed by atoms with E-state index in [1.165, 1.54) is 10.8 Å². The number of nitrogens with zero attached hydrogens (tertiary/aromatic N) is 3. The maximum Gasteiger partial charge on any atom is 0.341 e. The molecule has 2 bridgehead atoms. The SMILES string of the molecule is Nc1c(F)c(N2CCN3CCC2C3)c(F)c2c1c(=O)c(C(=O)O)cn2C1CC1. The number of anilines is 2. The van der Waals surface area contributed by atoms with Crippen LogP contribution in [0.4, 0.5) is 20.2 Å². The zero-order chi connectivity index (χ0) is 19.7. The van der Waals surface area contributed by atoms with Crippen LogP contribution in [0.15, 0.2) is 11.0 Å². The van der Waals surface area contributed by atoms with Crippen molar-refractivity contribution >= 4 is 28.2 Å². The van der Waals surface area contributed by atoms with Crippen LogP contribution in [-0.2, 0) is 0 Å². The monoisotopic (exact) mass is 390 g/mol. The maximum absolute atomic E-state index is 15.7. The Morgan fingerprint density at radius 3 is 2.54 bits per heavy atom. The smallest absolute Gasteiger partial charge is 0.341 e. The normalized spacial score (nSPS) is 24.1. The van der Waals surface area contributed by atoms with Gasteiger partial charge in [-0.2, -0.15) is 0 Å². The van der Waals surface area contributed by atoms with Crippen molar-refractivity contribution in [3.63, 3.8) is 0 Å². The van der Waals surface area contributed by atoms with Gasteiger partial charge in [0.05, 0.1) is 16.6 Å². The summed E-state index contributed by atoms with van der Waals surface area (Å²) in [6.07, 6.45) is 3.46. The molecule has 7 nitrogen and oxygen atoms in total. The van der Waals surface area contributed by atoms with Crippen molar-refractivity contribution in [1.29, 1.82) is 0 Å². The fraction of sp³-hybridized carbons (Fsp3) is 0.474. The highest BCUT2D eigenvalue weighted by molar-refractivity contribution is 5.99. The lowest BCUT2D eigenvalue weighted by Crippen LogP contribution is -2.47. The van der Waals surface area contributed by atoms with Crippen LogP contribution in [0.5, 0.6) is 0 Å². The predicted octanol–water partition coefficient (Wildman–Crippen LogP) is 1.79. The summed E-state index contributed by atoms with van der Waals surface area (Å²) in [7, 11) is 0. The molecule has 3 aliphatic rings. The standard InChI is InChI=1S/C19H20F2N4O3/c20-13-15(22)12-16(25(9-1-2-9)8-11(18(12)26)19(27)28)14(21)17(13)24-6-5-23-4-3-10(24)7-23/h8-10H,1-7,22H2,(H,27,28). The number of benzene rings is 1. The number of carboxylic acids is 1. The van der Waals surface area contributed by atoms with E-state index in [2.05, 4.69) is 4.90 Å². The molecule has 0 spiro atoms. The van der Waals surface area contributed by atoms with Gasteiger partial charge in [-0.1, -0.05) is 0 Å². The fourth-order valence-corrected chi connectivity index (χ4v) is 4.59. The molecule has 28 heavy (non-hydrogen) atoms. The first-order chi connectivity index (χ1) is 13.4. The van der Waals surface area contributed by atoms with Gasteiger partial charge in [0.1, 0.15) is 11.3 Å². The summed E-state index contributed by atoms with van der Waals surface area (Å²) in [6.45, 7) is 2.82. The Bertz CT molecular complexity index is 1080. The van der Waals surface area contributed by atoms with Crippen LogP contribution in [0.25, 0.3) is 10.9 Å². The number of aromatic nitrogens is 1. The van der Waals surface area contributed by atoms with E-state index in [1.807, 2.05) is 0 Å². The third-order valence-electron chi connectivity index (χ3n) is 6.17. The molecule has 2 aliphatic heterocycles. The summed E-state index contributed by atoms with van der Waals surface area (Å²) in [5.41, 5.74) is 3.72. The van der Waals surface area contributed by atoms with Crippen molar-refractivity contribution in [3.05, 3.63) is 33.6 Å². The van der Waals surface area contributed by atoms with E-state index in [4.69, 9.17) is 5.73 Å². The zero-order valence-electron chi connectivity index (χ0n) is 15.1. The molecule has 1 aromatic heterocycles. The fourth-order valence-electron chi connectivity index (χ4n) is 4.59. The third-order valence-corrected chi connectivity index (χ3v) is 6.17. The zero-order valence-corrected chi connectivity index (χ0v) is 15.1. The first-order valence-electron chi connectivity index (χ1n) is 9.46. The second-order valence-electron chi connectivity index (χ2n) is 7.87. The highest BCUT2D eigenvalue weighted by Gasteiger charge is 2.38. The lowest BCUT2D eigenvalue weighted by molar-refractivity contribution is 0.0695. The lowest BCUT2D eigenvalue weighted by atomic mass is 10.0. The molecule has 2 aromatic rings. The molecule has 1 saturated carbocycles. The van der Waals surface area contributed by atoms with E-state index in [0.29, 0.717) is 13.1 Å². The summed E-state index contributed by atoms with van der Waals surface area (Å²) >= 11 is 0. The summed E-state index contributed by atoms with van der Waals surface area (Å²) in [5, 5.41) is 8.98. The van der Waals surface area contributed by atoms with Gasteiger partial charge in [0, 0.05) is 44.5 Å². The number of halogens is 2. The van der Waals surface area contributed by atoms with Crippen molar-refractivity contribution < 1.29 is 18.7 Å². The number of piperazine rings is 1. The first-order valence-corrected chi connectivity index (χ1v) is 9.46. The number of nitrogen functional groups attached to an aromatic ring is 1. The van der Waals surface area contributed by atoms with E-state index in [0.717, 1.165) is 32.4 Å². The van der Waals surface area contributed by atoms with Crippen molar-refractivity contribution in [3.8, 4) is 0 Å². The predicted molar refractivity (Wildman–Crippen MR) is 100.0 cm³/mol. The van der Waals surface area contributed by atoms with E-state index < -0.39 is 34.3 Å². The van der Waals surface area contributed by atoms with E-state index in [1.54, 1.807) is 4.90 Å². The third kappa shape index (κ3) is 2.35. The number of carboxylic acid groups (broad SMARTS) is 1. The van der Waals surface area contributed by atoms with Crippen molar-refractivity contribution in [2.45, 2.75) is 31.3 Å². The van der Waals surface area contributed by atoms with Crippen LogP contribution in [0, 0.1) is 11.6 Å². The van der Waals surface area contributed by atoms with Crippen LogP contribution in [0.3, 0.4) is 0 Å². The molecule has 2 saturated heterocycles. The Labute approximate surface area is 158 Å². The van der Waals surface area contributed by atoms with Crippen molar-refractivity contribution in [2.75, 3.05) is 36.8 Å². The van der Waals surface area contributed by atoms with Crippen molar-refractivity contribution in [2.24, 2.45) is 0 Å². The number of pyridine rings is 1. The van der Waals surface area contributed by atoms with Crippen LogP contribution in [0.1, 0.15) is 35.7 Å². The number of aromatic carboxylic acids is 1. The molecule has 3 heterocycles. The molecule has 9 heteroatoms. The number of hydrogen-bond acceptors (Lipinski definition) is 5. The second-order valence-corrected chi connectivity index (χ2v) is 7.87. The van der Waals surface area contributed by atoms with Gasteiger partial charge in [-0.15, -0.1) is 0 Å². The Hall–Kier alpha value is -2.68. The van der Waals surface area contributed by atoms with Gasteiger partial charge in [0.2, 0.25) is 5.43 Å². The number of fused-ring (bicyclic) bond motifs is 3. The van der Waals surface area contributed by atoms with Gasteiger partial charge in [-0.3, -0.25) is 9.69 Å². The van der Waals surface area contributed by atoms with Crippen LogP contribution < -0.4 is 16.1 Å². The number of carbonyl (C=O) groups is 1. The molecule has 0 radical (unpaired) electrons. The van der Waals surface area contributed by atoms with Crippen molar-refractivity contribution in [1.82, 2.24) is 9.47 Å². The highest BCUT2D eigenvalue weighted by Crippen LogP contribution is 2.42. The molecular formula is C19H20F2N4O3. The topological polar surface area (TPSA) is 91.8 Å². The Kier molecular flexibility index (Phi) is 3.67. The summed E-state index contributed by atoms with van der Waals surface area (Å²) in [6, 6.07) is -0.120. The van der Waals surface area contributed by atoms with Gasteiger partial charge in [0.25, 0.3) is 0 Å². The van der Waals surface area contributed by atoms with E-state index in [-0.39, 0.29) is 28.7 Å². The average Bonchev–Trinajstić information content (AvgIpc) is 3.44. The number of rotatable bonds is 3. The molecule has 0 amide bonds. The highest BCUT2D eigenvalue weighted by atomic mass is 19.1. The minimum atomic E-state index is -1.44. The molecular weight excluding hydrogens is 370 g/mol. The van der Waals surface area contributed by atoms with Gasteiger partial charge in [-0.05, 0) is 19.3 Å². The van der Waals surface area contributed by atoms with E-state index in [9.17, 15) is 14.7 Å². The van der Waals surface area contributed by atoms with Gasteiger partial charge >= 0.3 is 5.97 Å².